The SMILES string of the molecule is CCOC(=O)C(C(C)=O)c1csc(-c2ccccc2)n1. The number of carbonyl (C=O) groups is 2. The fourth-order valence-corrected chi connectivity index (χ4v) is 2.70. The highest BCUT2D eigenvalue weighted by atomic mass is 32.1. The molecule has 0 amide bonds. The Bertz CT molecular complexity index is 607. The Labute approximate surface area is 121 Å². The van der Waals surface area contributed by atoms with Crippen molar-refractivity contribution in [3.63, 3.8) is 0 Å². The predicted molar refractivity (Wildman–Crippen MR) is 77.6 cm³/mol. The highest BCUT2D eigenvalue weighted by molar-refractivity contribution is 7.13. The fraction of sp³-hybridized carbons (Fsp3) is 0.267. The molecule has 0 saturated heterocycles. The zero-order chi connectivity index (χ0) is 14.5. The Balaban J connectivity index is 2.30. The first kappa shape index (κ1) is 14.4. The largest absolute Gasteiger partial charge is 0.465 e. The summed E-state index contributed by atoms with van der Waals surface area (Å²) in [7, 11) is 0. The second-order valence-corrected chi connectivity index (χ2v) is 5.10. The van der Waals surface area contributed by atoms with E-state index in [0.717, 1.165) is 10.6 Å². The standard InChI is InChI=1S/C15H15NO3S/c1-3-19-15(18)13(10(2)17)12-9-20-14(16-12)11-7-5-4-6-8-11/h4-9,13H,3H2,1-2H3. The number of nitrogens with zero attached hydrogens (tertiary/aromatic N) is 1. The van der Waals surface area contributed by atoms with Crippen molar-refractivity contribution in [1.29, 1.82) is 0 Å². The number of hydrogen-bond donors (Lipinski definition) is 0. The van der Waals surface area contributed by atoms with Crippen LogP contribution in [0.4, 0.5) is 0 Å². The van der Waals surface area contributed by atoms with Gasteiger partial charge >= 0.3 is 5.97 Å². The first-order valence-electron chi connectivity index (χ1n) is 6.31. The average Bonchev–Trinajstić information content (AvgIpc) is 2.89. The smallest absolute Gasteiger partial charge is 0.322 e. The summed E-state index contributed by atoms with van der Waals surface area (Å²) in [4.78, 5) is 27.9. The molecule has 0 aliphatic carbocycles. The lowest BCUT2D eigenvalue weighted by Gasteiger charge is -2.09. The third-order valence-electron chi connectivity index (χ3n) is 2.77. The summed E-state index contributed by atoms with van der Waals surface area (Å²) in [6.45, 7) is 3.34. The van der Waals surface area contributed by atoms with Crippen LogP contribution < -0.4 is 0 Å². The topological polar surface area (TPSA) is 56.3 Å². The van der Waals surface area contributed by atoms with E-state index in [1.165, 1.54) is 18.3 Å². The van der Waals surface area contributed by atoms with Crippen LogP contribution >= 0.6 is 11.3 Å². The Kier molecular flexibility index (Phi) is 4.63. The molecule has 1 atom stereocenters. The third-order valence-corrected chi connectivity index (χ3v) is 3.68. The van der Waals surface area contributed by atoms with Crippen LogP contribution in [-0.4, -0.2) is 23.3 Å². The lowest BCUT2D eigenvalue weighted by molar-refractivity contribution is -0.147. The molecule has 1 aromatic carbocycles. The van der Waals surface area contributed by atoms with Gasteiger partial charge in [0.05, 0.1) is 12.3 Å². The number of benzene rings is 1. The number of hydrogen-bond acceptors (Lipinski definition) is 5. The monoisotopic (exact) mass is 289 g/mol. The van der Waals surface area contributed by atoms with Gasteiger partial charge in [0, 0.05) is 10.9 Å². The number of ketones is 1. The zero-order valence-corrected chi connectivity index (χ0v) is 12.1. The van der Waals surface area contributed by atoms with Crippen LogP contribution in [0.2, 0.25) is 0 Å². The van der Waals surface area contributed by atoms with Gasteiger partial charge in [0.25, 0.3) is 0 Å². The molecule has 20 heavy (non-hydrogen) atoms. The van der Waals surface area contributed by atoms with E-state index in [-0.39, 0.29) is 12.4 Å². The molecule has 0 spiro atoms. The van der Waals surface area contributed by atoms with Crippen LogP contribution in [0.3, 0.4) is 0 Å². The van der Waals surface area contributed by atoms with Gasteiger partial charge < -0.3 is 4.74 Å². The van der Waals surface area contributed by atoms with E-state index in [9.17, 15) is 9.59 Å². The summed E-state index contributed by atoms with van der Waals surface area (Å²) in [6.07, 6.45) is 0. The molecule has 2 aromatic rings. The Morgan fingerprint density at radius 3 is 2.60 bits per heavy atom. The minimum absolute atomic E-state index is 0.248. The number of rotatable bonds is 5. The molecule has 0 aliphatic heterocycles. The van der Waals surface area contributed by atoms with Gasteiger partial charge in [-0.05, 0) is 13.8 Å². The van der Waals surface area contributed by atoms with Crippen LogP contribution in [0.1, 0.15) is 25.5 Å². The normalized spacial score (nSPS) is 11.9. The molecule has 0 radical (unpaired) electrons. The summed E-state index contributed by atoms with van der Waals surface area (Å²) in [6, 6.07) is 9.65. The van der Waals surface area contributed by atoms with Crippen LogP contribution in [0, 0.1) is 0 Å². The van der Waals surface area contributed by atoms with Crippen molar-refractivity contribution < 1.29 is 14.3 Å². The molecule has 2 rings (SSSR count). The summed E-state index contributed by atoms with van der Waals surface area (Å²) in [5, 5.41) is 2.53. The van der Waals surface area contributed by atoms with Crippen molar-refractivity contribution in [2.24, 2.45) is 0 Å². The maximum atomic E-state index is 11.9. The summed E-state index contributed by atoms with van der Waals surface area (Å²) in [5.41, 5.74) is 1.43. The van der Waals surface area contributed by atoms with E-state index in [2.05, 4.69) is 4.98 Å². The summed E-state index contributed by atoms with van der Waals surface area (Å²) < 4.78 is 4.94. The van der Waals surface area contributed by atoms with Crippen molar-refractivity contribution in [2.75, 3.05) is 6.61 Å². The highest BCUT2D eigenvalue weighted by Gasteiger charge is 2.29. The number of ether oxygens (including phenoxy) is 1. The molecule has 0 fully saturated rings. The molecule has 4 nitrogen and oxygen atoms in total. The van der Waals surface area contributed by atoms with Gasteiger partial charge in [0.1, 0.15) is 10.8 Å². The first-order valence-corrected chi connectivity index (χ1v) is 7.19. The minimum Gasteiger partial charge on any atom is -0.465 e. The van der Waals surface area contributed by atoms with Crippen LogP contribution in [-0.2, 0) is 14.3 Å². The predicted octanol–water partition coefficient (Wildman–Crippen LogP) is 3.05. The van der Waals surface area contributed by atoms with Gasteiger partial charge in [-0.3, -0.25) is 9.59 Å². The van der Waals surface area contributed by atoms with Crippen molar-refractivity contribution in [3.05, 3.63) is 41.4 Å². The molecular weight excluding hydrogens is 274 g/mol. The molecular formula is C15H15NO3S. The number of aromatic nitrogens is 1. The Morgan fingerprint density at radius 1 is 1.30 bits per heavy atom. The van der Waals surface area contributed by atoms with Gasteiger partial charge in [-0.15, -0.1) is 11.3 Å². The van der Waals surface area contributed by atoms with Crippen molar-refractivity contribution in [3.8, 4) is 10.6 Å². The quantitative estimate of drug-likeness (QED) is 0.627. The van der Waals surface area contributed by atoms with Crippen LogP contribution in [0.15, 0.2) is 35.7 Å². The molecule has 0 bridgehead atoms. The molecule has 1 unspecified atom stereocenters. The van der Waals surface area contributed by atoms with Gasteiger partial charge in [0.2, 0.25) is 0 Å². The zero-order valence-electron chi connectivity index (χ0n) is 11.3. The fourth-order valence-electron chi connectivity index (χ4n) is 1.85. The molecule has 0 saturated carbocycles. The van der Waals surface area contributed by atoms with Gasteiger partial charge in [-0.25, -0.2) is 4.98 Å². The van der Waals surface area contributed by atoms with Crippen molar-refractivity contribution in [1.82, 2.24) is 4.98 Å². The van der Waals surface area contributed by atoms with E-state index in [1.807, 2.05) is 30.3 Å². The van der Waals surface area contributed by atoms with Crippen molar-refractivity contribution in [2.45, 2.75) is 19.8 Å². The maximum absolute atomic E-state index is 11.9. The minimum atomic E-state index is -0.927. The number of thiazole rings is 1. The lowest BCUT2D eigenvalue weighted by Crippen LogP contribution is -2.22. The average molecular weight is 289 g/mol. The van der Waals surface area contributed by atoms with Crippen LogP contribution in [0.25, 0.3) is 10.6 Å². The molecule has 5 heteroatoms. The summed E-state index contributed by atoms with van der Waals surface area (Å²) in [5.74, 6) is -1.72. The lowest BCUT2D eigenvalue weighted by atomic mass is 10.0. The van der Waals surface area contributed by atoms with Crippen molar-refractivity contribution >= 4 is 23.1 Å². The third kappa shape index (κ3) is 3.11. The molecule has 104 valence electrons. The second kappa shape index (κ2) is 6.43. The van der Waals surface area contributed by atoms with E-state index in [4.69, 9.17) is 4.74 Å². The Morgan fingerprint density at radius 2 is 2.00 bits per heavy atom. The van der Waals surface area contributed by atoms with Gasteiger partial charge in [-0.2, -0.15) is 0 Å². The van der Waals surface area contributed by atoms with E-state index in [1.54, 1.807) is 12.3 Å². The highest BCUT2D eigenvalue weighted by Crippen LogP contribution is 2.28. The van der Waals surface area contributed by atoms with Gasteiger partial charge in [0.15, 0.2) is 5.92 Å². The molecule has 0 N–H and O–H groups in total. The molecule has 1 heterocycles. The molecule has 0 aliphatic rings. The van der Waals surface area contributed by atoms with E-state index >= 15 is 0 Å². The second-order valence-electron chi connectivity index (χ2n) is 4.24. The summed E-state index contributed by atoms with van der Waals surface area (Å²) >= 11 is 1.41. The van der Waals surface area contributed by atoms with E-state index in [0.29, 0.717) is 5.69 Å². The van der Waals surface area contributed by atoms with Crippen LogP contribution in [0.5, 0.6) is 0 Å². The first-order chi connectivity index (χ1) is 9.63. The molecule has 1 aromatic heterocycles. The number of esters is 1. The number of carbonyl (C=O) groups excluding carboxylic acids is 2. The Hall–Kier alpha value is -2.01. The van der Waals surface area contributed by atoms with Gasteiger partial charge in [-0.1, -0.05) is 30.3 Å². The number of Topliss-reactive ketones (excluding diaryl/α,β-unsaturated/α-hetero) is 1. The van der Waals surface area contributed by atoms with E-state index < -0.39 is 11.9 Å². The maximum Gasteiger partial charge on any atom is 0.322 e.